The predicted molar refractivity (Wildman–Crippen MR) is 79.2 cm³/mol. The van der Waals surface area contributed by atoms with Gasteiger partial charge in [0.25, 0.3) is 0 Å². The molecule has 2 aromatic rings. The third kappa shape index (κ3) is 2.55. The maximum absolute atomic E-state index is 12.5. The zero-order valence-electron chi connectivity index (χ0n) is 12.5. The summed E-state index contributed by atoms with van der Waals surface area (Å²) in [6.07, 6.45) is 1.35. The molecular weight excluding hydrogens is 306 g/mol. The lowest BCUT2D eigenvalue weighted by molar-refractivity contribution is 0.174. The Morgan fingerprint density at radius 1 is 1.32 bits per heavy atom. The first kappa shape index (κ1) is 14.9. The van der Waals surface area contributed by atoms with E-state index in [1.807, 2.05) is 6.07 Å². The van der Waals surface area contributed by atoms with Gasteiger partial charge in [-0.15, -0.1) is 0 Å². The van der Waals surface area contributed by atoms with Crippen molar-refractivity contribution in [1.29, 1.82) is 0 Å². The first-order chi connectivity index (χ1) is 10.4. The van der Waals surface area contributed by atoms with E-state index in [0.717, 1.165) is 5.56 Å². The maximum atomic E-state index is 12.5. The molecule has 3 rings (SSSR count). The summed E-state index contributed by atoms with van der Waals surface area (Å²) < 4.78 is 39.7. The van der Waals surface area contributed by atoms with E-state index in [2.05, 4.69) is 9.82 Å². The fourth-order valence-corrected chi connectivity index (χ4v) is 3.72. The Hall–Kier alpha value is -2.06. The van der Waals surface area contributed by atoms with Gasteiger partial charge in [-0.25, -0.2) is 13.1 Å². The van der Waals surface area contributed by atoms with Gasteiger partial charge in [0.1, 0.15) is 4.90 Å². The standard InChI is InChI=1S/C14H17N3O4S/c1-9(11-4-5-12-13(6-11)21-8-20-12)16-22(18,19)14-7-15-17(3)10(14)2/h4-7,9,16H,8H2,1-3H3. The van der Waals surface area contributed by atoms with E-state index in [9.17, 15) is 8.42 Å². The normalized spacial score (nSPS) is 15.0. The second-order valence-electron chi connectivity index (χ2n) is 5.17. The van der Waals surface area contributed by atoms with Crippen LogP contribution in [0.2, 0.25) is 0 Å². The molecule has 1 unspecified atom stereocenters. The van der Waals surface area contributed by atoms with Gasteiger partial charge in [-0.2, -0.15) is 5.10 Å². The van der Waals surface area contributed by atoms with Crippen LogP contribution in [0.15, 0.2) is 29.3 Å². The molecule has 1 aliphatic rings. The summed E-state index contributed by atoms with van der Waals surface area (Å²) in [4.78, 5) is 0.183. The van der Waals surface area contributed by atoms with Gasteiger partial charge in [0, 0.05) is 13.1 Å². The van der Waals surface area contributed by atoms with Crippen molar-refractivity contribution in [1.82, 2.24) is 14.5 Å². The highest BCUT2D eigenvalue weighted by atomic mass is 32.2. The van der Waals surface area contributed by atoms with Crippen molar-refractivity contribution in [3.8, 4) is 11.5 Å². The Bertz CT molecular complexity index is 813. The number of ether oxygens (including phenoxy) is 2. The van der Waals surface area contributed by atoms with Crippen molar-refractivity contribution < 1.29 is 17.9 Å². The quantitative estimate of drug-likeness (QED) is 0.922. The number of aromatic nitrogens is 2. The summed E-state index contributed by atoms with van der Waals surface area (Å²) in [7, 11) is -1.93. The van der Waals surface area contributed by atoms with Crippen LogP contribution in [0.3, 0.4) is 0 Å². The highest BCUT2D eigenvalue weighted by Gasteiger charge is 2.24. The Balaban J connectivity index is 1.84. The second kappa shape index (κ2) is 5.29. The molecule has 1 N–H and O–H groups in total. The van der Waals surface area contributed by atoms with Crippen molar-refractivity contribution in [2.75, 3.05) is 6.79 Å². The number of sulfonamides is 1. The fraction of sp³-hybridized carbons (Fsp3) is 0.357. The molecule has 0 saturated heterocycles. The zero-order valence-corrected chi connectivity index (χ0v) is 13.3. The zero-order chi connectivity index (χ0) is 15.9. The number of nitrogens with zero attached hydrogens (tertiary/aromatic N) is 2. The van der Waals surface area contributed by atoms with Crippen LogP contribution in [0, 0.1) is 6.92 Å². The summed E-state index contributed by atoms with van der Waals surface area (Å²) in [6.45, 7) is 3.68. The fourth-order valence-electron chi connectivity index (χ4n) is 2.29. The molecule has 1 aromatic carbocycles. The van der Waals surface area contributed by atoms with Gasteiger partial charge < -0.3 is 9.47 Å². The molecule has 0 amide bonds. The van der Waals surface area contributed by atoms with Crippen LogP contribution in [0.5, 0.6) is 11.5 Å². The van der Waals surface area contributed by atoms with Gasteiger partial charge in [0.2, 0.25) is 16.8 Å². The molecule has 7 nitrogen and oxygen atoms in total. The molecule has 0 aliphatic carbocycles. The van der Waals surface area contributed by atoms with E-state index in [1.54, 1.807) is 33.0 Å². The number of benzene rings is 1. The number of hydrogen-bond donors (Lipinski definition) is 1. The minimum Gasteiger partial charge on any atom is -0.454 e. The average Bonchev–Trinajstić information content (AvgIpc) is 3.05. The Labute approximate surface area is 128 Å². The lowest BCUT2D eigenvalue weighted by Crippen LogP contribution is -2.27. The van der Waals surface area contributed by atoms with Crippen molar-refractivity contribution in [3.05, 3.63) is 35.7 Å². The monoisotopic (exact) mass is 323 g/mol. The molecule has 1 aliphatic heterocycles. The van der Waals surface area contributed by atoms with E-state index >= 15 is 0 Å². The topological polar surface area (TPSA) is 82.5 Å². The average molecular weight is 323 g/mol. The molecular formula is C14H17N3O4S. The van der Waals surface area contributed by atoms with Crippen LogP contribution in [-0.2, 0) is 17.1 Å². The van der Waals surface area contributed by atoms with Gasteiger partial charge in [0.15, 0.2) is 11.5 Å². The lowest BCUT2D eigenvalue weighted by Gasteiger charge is -2.15. The summed E-state index contributed by atoms with van der Waals surface area (Å²) in [5, 5.41) is 3.97. The number of hydrogen-bond acceptors (Lipinski definition) is 5. The van der Waals surface area contributed by atoms with Crippen LogP contribution in [0.25, 0.3) is 0 Å². The first-order valence-electron chi connectivity index (χ1n) is 6.79. The Morgan fingerprint density at radius 3 is 2.73 bits per heavy atom. The third-order valence-corrected chi connectivity index (χ3v) is 5.35. The minimum absolute atomic E-state index is 0.183. The molecule has 8 heteroatoms. The van der Waals surface area contributed by atoms with Gasteiger partial charge in [-0.3, -0.25) is 4.68 Å². The molecule has 1 atom stereocenters. The van der Waals surface area contributed by atoms with E-state index in [1.165, 1.54) is 10.9 Å². The van der Waals surface area contributed by atoms with Crippen LogP contribution in [0.4, 0.5) is 0 Å². The molecule has 0 radical (unpaired) electrons. The first-order valence-corrected chi connectivity index (χ1v) is 8.27. The maximum Gasteiger partial charge on any atom is 0.244 e. The van der Waals surface area contributed by atoms with Gasteiger partial charge in [0.05, 0.1) is 11.9 Å². The van der Waals surface area contributed by atoms with E-state index in [0.29, 0.717) is 17.2 Å². The lowest BCUT2D eigenvalue weighted by atomic mass is 10.1. The van der Waals surface area contributed by atoms with Crippen LogP contribution < -0.4 is 14.2 Å². The Morgan fingerprint density at radius 2 is 2.05 bits per heavy atom. The highest BCUT2D eigenvalue weighted by molar-refractivity contribution is 7.89. The van der Waals surface area contributed by atoms with Crippen molar-refractivity contribution in [3.63, 3.8) is 0 Å². The smallest absolute Gasteiger partial charge is 0.244 e. The molecule has 118 valence electrons. The molecule has 1 aromatic heterocycles. The van der Waals surface area contributed by atoms with Crippen molar-refractivity contribution in [2.45, 2.75) is 24.8 Å². The molecule has 0 bridgehead atoms. The van der Waals surface area contributed by atoms with Crippen molar-refractivity contribution in [2.24, 2.45) is 7.05 Å². The molecule has 0 saturated carbocycles. The molecule has 0 fully saturated rings. The number of nitrogens with one attached hydrogen (secondary N) is 1. The summed E-state index contributed by atoms with van der Waals surface area (Å²) in [6, 6.07) is 4.97. The van der Waals surface area contributed by atoms with Crippen LogP contribution in [0.1, 0.15) is 24.2 Å². The summed E-state index contributed by atoms with van der Waals surface area (Å²) >= 11 is 0. The molecule has 2 heterocycles. The second-order valence-corrected chi connectivity index (χ2v) is 6.86. The van der Waals surface area contributed by atoms with Gasteiger partial charge in [-0.1, -0.05) is 6.07 Å². The van der Waals surface area contributed by atoms with E-state index in [4.69, 9.17) is 9.47 Å². The van der Waals surface area contributed by atoms with Gasteiger partial charge in [-0.05, 0) is 31.5 Å². The van der Waals surface area contributed by atoms with Crippen LogP contribution >= 0.6 is 0 Å². The predicted octanol–water partition coefficient (Wildman–Crippen LogP) is 1.50. The van der Waals surface area contributed by atoms with Gasteiger partial charge >= 0.3 is 0 Å². The van der Waals surface area contributed by atoms with Crippen LogP contribution in [-0.4, -0.2) is 25.0 Å². The largest absolute Gasteiger partial charge is 0.454 e. The highest BCUT2D eigenvalue weighted by Crippen LogP contribution is 2.34. The number of fused-ring (bicyclic) bond motifs is 1. The summed E-state index contributed by atoms with van der Waals surface area (Å²) in [5.41, 5.74) is 1.39. The number of rotatable bonds is 4. The molecule has 0 spiro atoms. The summed E-state index contributed by atoms with van der Waals surface area (Å²) in [5.74, 6) is 1.29. The van der Waals surface area contributed by atoms with E-state index < -0.39 is 16.1 Å². The number of aryl methyl sites for hydroxylation is 1. The Kier molecular flexibility index (Phi) is 3.57. The third-order valence-electron chi connectivity index (χ3n) is 3.71. The minimum atomic E-state index is -3.64. The SMILES string of the molecule is Cc1c(S(=O)(=O)NC(C)c2ccc3c(c2)OCO3)cnn1C. The van der Waals surface area contributed by atoms with E-state index in [-0.39, 0.29) is 11.7 Å². The molecule has 22 heavy (non-hydrogen) atoms. The van der Waals surface area contributed by atoms with Crippen molar-refractivity contribution >= 4 is 10.0 Å².